The Hall–Kier alpha value is -11.9. The number of benzene rings is 14. The van der Waals surface area contributed by atoms with Crippen LogP contribution >= 0.6 is 0 Å². The van der Waals surface area contributed by atoms with E-state index in [4.69, 9.17) is 9.97 Å². The van der Waals surface area contributed by atoms with Crippen LogP contribution in [0, 0.1) is 0 Å². The summed E-state index contributed by atoms with van der Waals surface area (Å²) in [5.74, 6) is 0.697. The molecule has 95 heavy (non-hydrogen) atoms. The fraction of sp³-hybridized carbons (Fsp3) is 0.0667. The molecule has 0 aliphatic heterocycles. The van der Waals surface area contributed by atoms with E-state index in [9.17, 15) is 0 Å². The highest BCUT2D eigenvalue weighted by Crippen LogP contribution is 2.52. The summed E-state index contributed by atoms with van der Waals surface area (Å²) in [5.41, 5.74) is 29.2. The molecule has 0 unspecified atom stereocenters. The lowest BCUT2D eigenvalue weighted by atomic mass is 9.82. The predicted molar refractivity (Wildman–Crippen MR) is 397 cm³/mol. The van der Waals surface area contributed by atoms with E-state index < -0.39 is 0 Å². The monoisotopic (exact) mass is 1210 g/mol. The van der Waals surface area contributed by atoms with Gasteiger partial charge >= 0.3 is 0 Å². The first-order valence-corrected chi connectivity index (χ1v) is 33.1. The Labute approximate surface area is 549 Å². The van der Waals surface area contributed by atoms with Gasteiger partial charge in [0.1, 0.15) is 0 Å². The van der Waals surface area contributed by atoms with Crippen LogP contribution in [0.5, 0.6) is 0 Å². The van der Waals surface area contributed by atoms with Gasteiger partial charge in [0.2, 0.25) is 0 Å². The molecule has 0 fully saturated rings. The van der Waals surface area contributed by atoms with E-state index in [2.05, 4.69) is 333 Å². The first-order valence-electron chi connectivity index (χ1n) is 33.1. The van der Waals surface area contributed by atoms with Gasteiger partial charge in [-0.1, -0.05) is 246 Å². The predicted octanol–water partition coefficient (Wildman–Crippen LogP) is 23.4. The van der Waals surface area contributed by atoms with Crippen molar-refractivity contribution in [1.29, 1.82) is 0 Å². The van der Waals surface area contributed by atoms with Gasteiger partial charge < -0.3 is 13.7 Å². The van der Waals surface area contributed by atoms with Crippen LogP contribution in [0.2, 0.25) is 0 Å². The van der Waals surface area contributed by atoms with Crippen molar-refractivity contribution in [2.75, 3.05) is 0 Å². The highest BCUT2D eigenvalue weighted by Gasteiger charge is 2.37. The molecule has 446 valence electrons. The van der Waals surface area contributed by atoms with Gasteiger partial charge in [-0.2, -0.15) is 0 Å². The third-order valence-electron chi connectivity index (χ3n) is 21.4. The van der Waals surface area contributed by atoms with Crippen LogP contribution in [0.4, 0.5) is 0 Å². The van der Waals surface area contributed by atoms with Gasteiger partial charge in [0, 0.05) is 76.7 Å². The zero-order valence-corrected chi connectivity index (χ0v) is 53.0. The summed E-state index contributed by atoms with van der Waals surface area (Å²) in [6.45, 7) is 9.48. The smallest absolute Gasteiger partial charge is 0.160 e. The van der Waals surface area contributed by atoms with E-state index in [1.807, 2.05) is 6.07 Å². The lowest BCUT2D eigenvalue weighted by molar-refractivity contribution is 0.660. The second-order valence-corrected chi connectivity index (χ2v) is 27.3. The summed E-state index contributed by atoms with van der Waals surface area (Å²) in [5, 5.41) is 10.6. The van der Waals surface area contributed by atoms with Crippen molar-refractivity contribution in [2.45, 2.75) is 38.5 Å². The summed E-state index contributed by atoms with van der Waals surface area (Å²) in [6, 6.07) is 111. The summed E-state index contributed by atoms with van der Waals surface area (Å²) in [7, 11) is 0. The highest BCUT2D eigenvalue weighted by atomic mass is 15.0. The highest BCUT2D eigenvalue weighted by molar-refractivity contribution is 6.16. The first-order chi connectivity index (χ1) is 46.6. The molecule has 0 saturated heterocycles. The second-order valence-electron chi connectivity index (χ2n) is 27.3. The molecular weight excluding hydrogens is 1150 g/mol. The molecule has 0 spiro atoms. The lowest BCUT2D eigenvalue weighted by Gasteiger charge is -2.22. The summed E-state index contributed by atoms with van der Waals surface area (Å²) < 4.78 is 7.48. The van der Waals surface area contributed by atoms with Crippen molar-refractivity contribution in [1.82, 2.24) is 23.7 Å². The number of nitrogens with zero attached hydrogens (tertiary/aromatic N) is 5. The number of aromatic nitrogens is 5. The van der Waals surface area contributed by atoms with Crippen LogP contribution in [-0.4, -0.2) is 23.7 Å². The molecule has 0 atom stereocenters. The SMILES string of the molecule is CC1(C)c2ccccc2-c2ccc(-n3c4ccccc4c4ccc(-c5ccc6c7ccc(-c8ccc9c%10ccccc%10n(-c%10ccc%11c(c%10)C(C)(C)c%10ccccc%10-%11)c9c8)cc7n(-c7cccc(-c8nc(-c9ccccc9)nc9ccc%10ccccc%10c89)c7)c6c5)cc43)cc21. The molecule has 0 N–H and O–H groups in total. The third kappa shape index (κ3) is 7.78. The van der Waals surface area contributed by atoms with Crippen LogP contribution in [0.15, 0.2) is 297 Å². The Balaban J connectivity index is 0.793. The van der Waals surface area contributed by atoms with Crippen LogP contribution in [-0.2, 0) is 10.8 Å². The minimum atomic E-state index is -0.133. The first kappa shape index (κ1) is 53.7. The zero-order valence-electron chi connectivity index (χ0n) is 53.0. The standard InChI is InChI=1S/C90H61N5/c1-89(2)75-29-14-10-25-65(75)67-44-38-62(52-77(67)89)93-80-31-16-12-27-69(80)71-40-33-56(48-82(71)93)58-35-42-73-74-43-36-59(57-34-41-72-70-28-13-17-32-81(70)94(83(72)49-57)63-39-45-68-66-26-11-15-30-76(66)90(3,4)78(68)53-63)51-85(74)95(84(73)50-58)61-23-18-22-60(47-61)87-86-64-24-9-8-19-54(64)37-46-79(86)91-88(92-87)55-20-6-5-7-21-55/h5-53H,1-4H3. The van der Waals surface area contributed by atoms with E-state index in [1.165, 1.54) is 110 Å². The fourth-order valence-electron chi connectivity index (χ4n) is 16.8. The van der Waals surface area contributed by atoms with Gasteiger partial charge in [0.25, 0.3) is 0 Å². The van der Waals surface area contributed by atoms with Gasteiger partial charge in [0.15, 0.2) is 5.82 Å². The summed E-state index contributed by atoms with van der Waals surface area (Å²) in [4.78, 5) is 10.8. The molecule has 0 radical (unpaired) electrons. The topological polar surface area (TPSA) is 40.6 Å². The molecule has 5 heteroatoms. The quantitative estimate of drug-likeness (QED) is 0.149. The van der Waals surface area contributed by atoms with Crippen LogP contribution in [0.25, 0.3) is 171 Å². The van der Waals surface area contributed by atoms with Gasteiger partial charge in [-0.3, -0.25) is 0 Å². The molecule has 0 saturated carbocycles. The number of hydrogen-bond acceptors (Lipinski definition) is 2. The molecule has 2 aliphatic rings. The van der Waals surface area contributed by atoms with Crippen molar-refractivity contribution < 1.29 is 0 Å². The Morgan fingerprint density at radius 2 is 0.663 bits per heavy atom. The second kappa shape index (κ2) is 19.8. The molecule has 5 nitrogen and oxygen atoms in total. The van der Waals surface area contributed by atoms with Gasteiger partial charge in [-0.25, -0.2) is 9.97 Å². The average molecular weight is 1210 g/mol. The molecule has 4 aromatic heterocycles. The molecule has 14 aromatic carbocycles. The van der Waals surface area contributed by atoms with E-state index in [-0.39, 0.29) is 10.8 Å². The van der Waals surface area contributed by atoms with Gasteiger partial charge in [-0.15, -0.1) is 0 Å². The minimum Gasteiger partial charge on any atom is -0.309 e. The van der Waals surface area contributed by atoms with Crippen molar-refractivity contribution in [3.05, 3.63) is 320 Å². The summed E-state index contributed by atoms with van der Waals surface area (Å²) >= 11 is 0. The number of hydrogen-bond donors (Lipinski definition) is 0. The molecule has 0 amide bonds. The van der Waals surface area contributed by atoms with Crippen molar-refractivity contribution >= 4 is 87.1 Å². The van der Waals surface area contributed by atoms with Crippen LogP contribution in [0.3, 0.4) is 0 Å². The molecule has 4 heterocycles. The van der Waals surface area contributed by atoms with Crippen LogP contribution < -0.4 is 0 Å². The van der Waals surface area contributed by atoms with E-state index in [1.54, 1.807) is 0 Å². The van der Waals surface area contributed by atoms with Crippen molar-refractivity contribution in [3.63, 3.8) is 0 Å². The fourth-order valence-corrected chi connectivity index (χ4v) is 16.8. The number of fused-ring (bicyclic) bond motifs is 18. The van der Waals surface area contributed by atoms with Gasteiger partial charge in [0.05, 0.1) is 44.3 Å². The van der Waals surface area contributed by atoms with Crippen molar-refractivity contribution in [2.24, 2.45) is 0 Å². The molecule has 0 bridgehead atoms. The maximum atomic E-state index is 5.53. The Bertz CT molecular complexity index is 6060. The van der Waals surface area contributed by atoms with E-state index in [0.717, 1.165) is 77.5 Å². The molecule has 18 aromatic rings. The summed E-state index contributed by atoms with van der Waals surface area (Å²) in [6.07, 6.45) is 0. The largest absolute Gasteiger partial charge is 0.309 e. The molecule has 20 rings (SSSR count). The average Bonchev–Trinajstić information content (AvgIpc) is 1.59. The van der Waals surface area contributed by atoms with Crippen molar-refractivity contribution in [3.8, 4) is 84.2 Å². The Morgan fingerprint density at radius 1 is 0.253 bits per heavy atom. The Morgan fingerprint density at radius 3 is 1.19 bits per heavy atom. The van der Waals surface area contributed by atoms with Crippen LogP contribution in [0.1, 0.15) is 49.9 Å². The maximum absolute atomic E-state index is 5.53. The lowest BCUT2D eigenvalue weighted by Crippen LogP contribution is -2.15. The Kier molecular flexibility index (Phi) is 11.2. The minimum absolute atomic E-state index is 0.133. The normalized spacial score (nSPS) is 13.6. The third-order valence-corrected chi connectivity index (χ3v) is 21.4. The number of para-hydroxylation sites is 2. The van der Waals surface area contributed by atoms with Gasteiger partial charge in [-0.05, 0) is 156 Å². The molecular formula is C90H61N5. The van der Waals surface area contributed by atoms with E-state index in [0.29, 0.717) is 5.82 Å². The molecule has 2 aliphatic carbocycles. The zero-order chi connectivity index (χ0) is 63.0. The maximum Gasteiger partial charge on any atom is 0.160 e. The van der Waals surface area contributed by atoms with E-state index >= 15 is 0 Å². The number of rotatable bonds is 7.